The van der Waals surface area contributed by atoms with Crippen LogP contribution in [0.3, 0.4) is 0 Å². The Morgan fingerprint density at radius 2 is 1.84 bits per heavy atom. The number of rotatable bonds is 5. The van der Waals surface area contributed by atoms with E-state index in [0.29, 0.717) is 5.69 Å². The summed E-state index contributed by atoms with van der Waals surface area (Å²) in [7, 11) is -3.75. The number of carbonyl (C=O) groups excluding carboxylic acids is 2. The molecule has 0 saturated carbocycles. The number of esters is 1. The van der Waals surface area contributed by atoms with E-state index in [1.807, 2.05) is 0 Å². The predicted octanol–water partition coefficient (Wildman–Crippen LogP) is 0.514. The predicted molar refractivity (Wildman–Crippen MR) is 68.3 cm³/mol. The summed E-state index contributed by atoms with van der Waals surface area (Å²) in [6, 6.07) is 4.56. The van der Waals surface area contributed by atoms with Crippen molar-refractivity contribution in [1.29, 1.82) is 0 Å². The number of benzene rings is 1. The molecule has 0 aliphatic rings. The Labute approximate surface area is 110 Å². The molecule has 104 valence electrons. The zero-order chi connectivity index (χ0) is 14.5. The third-order valence-corrected chi connectivity index (χ3v) is 3.70. The summed E-state index contributed by atoms with van der Waals surface area (Å²) < 4.78 is 28.3. The Balaban J connectivity index is 2.84. The van der Waals surface area contributed by atoms with Gasteiger partial charge in [-0.2, -0.15) is 0 Å². The van der Waals surface area contributed by atoms with Crippen molar-refractivity contribution in [2.45, 2.75) is 11.8 Å². The second kappa shape index (κ2) is 6.19. The lowest BCUT2D eigenvalue weighted by Crippen LogP contribution is -2.20. The van der Waals surface area contributed by atoms with Crippen LogP contribution in [0.4, 0.5) is 10.5 Å². The molecule has 0 aromatic heterocycles. The van der Waals surface area contributed by atoms with E-state index in [1.54, 1.807) is 6.92 Å². The van der Waals surface area contributed by atoms with Gasteiger partial charge in [-0.05, 0) is 31.2 Å². The molecule has 0 heterocycles. The minimum atomic E-state index is -3.75. The lowest BCUT2D eigenvalue weighted by molar-refractivity contribution is -0.139. The molecule has 7 nitrogen and oxygen atoms in total. The molecule has 0 atom stereocenters. The van der Waals surface area contributed by atoms with Gasteiger partial charge in [0.25, 0.3) is 0 Å². The van der Waals surface area contributed by atoms with E-state index in [4.69, 9.17) is 5.73 Å². The van der Waals surface area contributed by atoms with Gasteiger partial charge in [0.1, 0.15) is 0 Å². The highest BCUT2D eigenvalue weighted by atomic mass is 32.2. The summed E-state index contributed by atoms with van der Waals surface area (Å²) in [6.45, 7) is 1.71. The number of hydrogen-bond acceptors (Lipinski definition) is 5. The van der Waals surface area contributed by atoms with Crippen LogP contribution in [-0.4, -0.2) is 32.8 Å². The molecular weight excluding hydrogens is 272 g/mol. The fourth-order valence-corrected chi connectivity index (χ4v) is 2.44. The van der Waals surface area contributed by atoms with Gasteiger partial charge in [-0.3, -0.25) is 4.79 Å². The SMILES string of the molecule is CCOC(=O)CS(=O)(=O)c1ccc(NC(N)=O)cc1. The lowest BCUT2D eigenvalue weighted by Gasteiger charge is -2.06. The van der Waals surface area contributed by atoms with Gasteiger partial charge in [0, 0.05) is 5.69 Å². The maximum atomic E-state index is 11.8. The summed E-state index contributed by atoms with van der Waals surface area (Å²) in [5.74, 6) is -1.52. The third-order valence-electron chi connectivity index (χ3n) is 2.09. The van der Waals surface area contributed by atoms with E-state index < -0.39 is 27.6 Å². The second-order valence-electron chi connectivity index (χ2n) is 3.58. The van der Waals surface area contributed by atoms with Gasteiger partial charge in [-0.1, -0.05) is 0 Å². The molecule has 0 spiro atoms. The standard InChI is InChI=1S/C11H14N2O5S/c1-2-18-10(14)7-19(16,17)9-5-3-8(4-6-9)13-11(12)15/h3-6H,2,7H2,1H3,(H3,12,13,15). The van der Waals surface area contributed by atoms with Crippen molar-refractivity contribution in [2.75, 3.05) is 17.7 Å². The average Bonchev–Trinajstić information content (AvgIpc) is 2.28. The van der Waals surface area contributed by atoms with Crippen molar-refractivity contribution in [2.24, 2.45) is 5.73 Å². The first-order valence-corrected chi connectivity index (χ1v) is 7.05. The Bertz CT molecular complexity index is 565. The van der Waals surface area contributed by atoms with Crippen molar-refractivity contribution in [3.63, 3.8) is 0 Å². The fourth-order valence-electron chi connectivity index (χ4n) is 1.33. The Hall–Kier alpha value is -2.09. The number of hydrogen-bond donors (Lipinski definition) is 2. The summed E-state index contributed by atoms with van der Waals surface area (Å²) in [4.78, 5) is 21.7. The van der Waals surface area contributed by atoms with Gasteiger partial charge >= 0.3 is 12.0 Å². The van der Waals surface area contributed by atoms with Crippen LogP contribution in [0.15, 0.2) is 29.2 Å². The zero-order valence-electron chi connectivity index (χ0n) is 10.3. The number of anilines is 1. The number of sulfone groups is 1. The molecule has 0 bridgehead atoms. The molecule has 0 saturated heterocycles. The first-order valence-electron chi connectivity index (χ1n) is 5.40. The maximum Gasteiger partial charge on any atom is 0.321 e. The van der Waals surface area contributed by atoms with Crippen LogP contribution in [0.25, 0.3) is 0 Å². The van der Waals surface area contributed by atoms with Crippen LogP contribution < -0.4 is 11.1 Å². The summed E-state index contributed by atoms with van der Waals surface area (Å²) in [5, 5.41) is 2.30. The Morgan fingerprint density at radius 3 is 2.32 bits per heavy atom. The summed E-state index contributed by atoms with van der Waals surface area (Å²) >= 11 is 0. The summed E-state index contributed by atoms with van der Waals surface area (Å²) in [6.07, 6.45) is 0. The molecule has 0 unspecified atom stereocenters. The summed E-state index contributed by atoms with van der Waals surface area (Å²) in [5.41, 5.74) is 5.28. The topological polar surface area (TPSA) is 116 Å². The van der Waals surface area contributed by atoms with E-state index in [-0.39, 0.29) is 11.5 Å². The highest BCUT2D eigenvalue weighted by molar-refractivity contribution is 7.92. The molecular formula is C11H14N2O5S. The largest absolute Gasteiger partial charge is 0.465 e. The van der Waals surface area contributed by atoms with Crippen LogP contribution in [0.5, 0.6) is 0 Å². The highest BCUT2D eigenvalue weighted by Crippen LogP contribution is 2.15. The van der Waals surface area contributed by atoms with E-state index in [1.165, 1.54) is 24.3 Å². The molecule has 0 aliphatic heterocycles. The number of urea groups is 1. The van der Waals surface area contributed by atoms with E-state index in [0.717, 1.165) is 0 Å². The van der Waals surface area contributed by atoms with Crippen molar-refractivity contribution < 1.29 is 22.7 Å². The quantitative estimate of drug-likeness (QED) is 0.765. The molecule has 0 radical (unpaired) electrons. The number of nitrogens with two attached hydrogens (primary N) is 1. The zero-order valence-corrected chi connectivity index (χ0v) is 11.1. The number of nitrogens with one attached hydrogen (secondary N) is 1. The normalized spacial score (nSPS) is 10.8. The van der Waals surface area contributed by atoms with Gasteiger partial charge in [0.15, 0.2) is 15.6 Å². The van der Waals surface area contributed by atoms with Crippen molar-refractivity contribution in [3.05, 3.63) is 24.3 Å². The molecule has 0 fully saturated rings. The van der Waals surface area contributed by atoms with Crippen LogP contribution in [-0.2, 0) is 19.4 Å². The van der Waals surface area contributed by atoms with Gasteiger partial charge in [-0.25, -0.2) is 13.2 Å². The van der Waals surface area contributed by atoms with Gasteiger partial charge < -0.3 is 15.8 Å². The molecule has 1 aromatic carbocycles. The number of primary amides is 1. The molecule has 0 aliphatic carbocycles. The monoisotopic (exact) mass is 286 g/mol. The Morgan fingerprint density at radius 1 is 1.26 bits per heavy atom. The van der Waals surface area contributed by atoms with Gasteiger partial charge in [0.2, 0.25) is 0 Å². The number of amides is 2. The minimum absolute atomic E-state index is 0.0319. The first kappa shape index (κ1) is 15.0. The van der Waals surface area contributed by atoms with E-state index >= 15 is 0 Å². The van der Waals surface area contributed by atoms with E-state index in [2.05, 4.69) is 10.1 Å². The van der Waals surface area contributed by atoms with Gasteiger partial charge in [-0.15, -0.1) is 0 Å². The average molecular weight is 286 g/mol. The Kier molecular flexibility index (Phi) is 4.87. The smallest absolute Gasteiger partial charge is 0.321 e. The number of carbonyl (C=O) groups is 2. The van der Waals surface area contributed by atoms with Crippen LogP contribution in [0.1, 0.15) is 6.92 Å². The van der Waals surface area contributed by atoms with Crippen molar-refractivity contribution >= 4 is 27.5 Å². The molecule has 1 rings (SSSR count). The van der Waals surface area contributed by atoms with Gasteiger partial charge in [0.05, 0.1) is 11.5 Å². The van der Waals surface area contributed by atoms with Crippen molar-refractivity contribution in [3.8, 4) is 0 Å². The van der Waals surface area contributed by atoms with Crippen LogP contribution in [0.2, 0.25) is 0 Å². The van der Waals surface area contributed by atoms with Crippen LogP contribution >= 0.6 is 0 Å². The second-order valence-corrected chi connectivity index (χ2v) is 5.57. The minimum Gasteiger partial charge on any atom is -0.465 e. The fraction of sp³-hybridized carbons (Fsp3) is 0.273. The third kappa shape index (κ3) is 4.59. The maximum absolute atomic E-state index is 11.8. The lowest BCUT2D eigenvalue weighted by atomic mass is 10.3. The number of ether oxygens (including phenoxy) is 1. The molecule has 2 amide bonds. The molecule has 8 heteroatoms. The first-order chi connectivity index (χ1) is 8.85. The molecule has 19 heavy (non-hydrogen) atoms. The van der Waals surface area contributed by atoms with Crippen molar-refractivity contribution in [1.82, 2.24) is 0 Å². The highest BCUT2D eigenvalue weighted by Gasteiger charge is 2.20. The van der Waals surface area contributed by atoms with E-state index in [9.17, 15) is 18.0 Å². The molecule has 3 N–H and O–H groups in total. The van der Waals surface area contributed by atoms with Crippen LogP contribution in [0, 0.1) is 0 Å². The molecule has 1 aromatic rings.